The van der Waals surface area contributed by atoms with Crippen LogP contribution in [0.4, 0.5) is 0 Å². The molecule has 0 radical (unpaired) electrons. The Morgan fingerprint density at radius 2 is 2.04 bits per heavy atom. The summed E-state index contributed by atoms with van der Waals surface area (Å²) in [6.45, 7) is 9.68. The predicted molar refractivity (Wildman–Crippen MR) is 122 cm³/mol. The number of nitrogens with zero attached hydrogens (tertiary/aromatic N) is 3. The lowest BCUT2D eigenvalue weighted by molar-refractivity contribution is 0.248. The van der Waals surface area contributed by atoms with Gasteiger partial charge >= 0.3 is 0 Å². The molecular formula is C20H36IN5. The molecule has 5 nitrogen and oxygen atoms in total. The maximum Gasteiger partial charge on any atom is 0.191 e. The zero-order valence-corrected chi connectivity index (χ0v) is 19.1. The number of aliphatic imine (C=N–C) groups is 1. The molecular weight excluding hydrogens is 437 g/mol. The largest absolute Gasteiger partial charge is 0.355 e. The average Bonchev–Trinajstić information content (AvgIpc) is 3.10. The van der Waals surface area contributed by atoms with E-state index in [0.717, 1.165) is 32.1 Å². The monoisotopic (exact) mass is 473 g/mol. The molecule has 1 aliphatic heterocycles. The van der Waals surface area contributed by atoms with E-state index in [4.69, 9.17) is 0 Å². The van der Waals surface area contributed by atoms with E-state index in [9.17, 15) is 0 Å². The van der Waals surface area contributed by atoms with Crippen molar-refractivity contribution in [2.75, 3.05) is 40.3 Å². The van der Waals surface area contributed by atoms with Crippen molar-refractivity contribution in [1.29, 1.82) is 0 Å². The molecule has 2 N–H and O–H groups in total. The van der Waals surface area contributed by atoms with Crippen molar-refractivity contribution in [2.24, 2.45) is 4.99 Å². The first-order valence-electron chi connectivity index (χ1n) is 9.56. The summed E-state index contributed by atoms with van der Waals surface area (Å²) in [6, 6.07) is 11.7. The molecule has 0 bridgehead atoms. The third-order valence-electron chi connectivity index (χ3n) is 5.23. The Balaban J connectivity index is 0.00000338. The van der Waals surface area contributed by atoms with Gasteiger partial charge in [-0.1, -0.05) is 37.3 Å². The van der Waals surface area contributed by atoms with Gasteiger partial charge in [-0.25, -0.2) is 0 Å². The fraction of sp³-hybridized carbons (Fsp3) is 0.650. The summed E-state index contributed by atoms with van der Waals surface area (Å²) in [4.78, 5) is 9.29. The van der Waals surface area contributed by atoms with Gasteiger partial charge in [-0.3, -0.25) is 14.8 Å². The Kier molecular flexibility index (Phi) is 11.2. The van der Waals surface area contributed by atoms with E-state index in [2.05, 4.69) is 76.7 Å². The Bertz CT molecular complexity index is 522. The molecule has 6 heteroatoms. The van der Waals surface area contributed by atoms with E-state index >= 15 is 0 Å². The van der Waals surface area contributed by atoms with Gasteiger partial charge in [-0.05, 0) is 45.5 Å². The van der Waals surface area contributed by atoms with Crippen molar-refractivity contribution in [3.05, 3.63) is 35.9 Å². The van der Waals surface area contributed by atoms with Crippen LogP contribution >= 0.6 is 24.0 Å². The molecule has 2 unspecified atom stereocenters. The van der Waals surface area contributed by atoms with Gasteiger partial charge in [0.1, 0.15) is 0 Å². The normalized spacial score (nSPS) is 19.3. The molecule has 2 rings (SSSR count). The quantitative estimate of drug-likeness (QED) is 0.346. The lowest BCUT2D eigenvalue weighted by atomic mass is 10.2. The fourth-order valence-electron chi connectivity index (χ4n) is 3.41. The second-order valence-electron chi connectivity index (χ2n) is 7.01. The van der Waals surface area contributed by atoms with Crippen LogP contribution < -0.4 is 10.6 Å². The van der Waals surface area contributed by atoms with Gasteiger partial charge in [-0.15, -0.1) is 24.0 Å². The topological polar surface area (TPSA) is 42.9 Å². The number of likely N-dealkylation sites (tertiary alicyclic amines) is 1. The van der Waals surface area contributed by atoms with Crippen LogP contribution in [0.3, 0.4) is 0 Å². The molecule has 1 aromatic carbocycles. The van der Waals surface area contributed by atoms with Gasteiger partial charge in [0, 0.05) is 38.8 Å². The highest BCUT2D eigenvalue weighted by Crippen LogP contribution is 2.15. The van der Waals surface area contributed by atoms with Crippen LogP contribution in [-0.4, -0.2) is 68.1 Å². The van der Waals surface area contributed by atoms with Gasteiger partial charge < -0.3 is 10.6 Å². The van der Waals surface area contributed by atoms with Crippen molar-refractivity contribution in [3.8, 4) is 0 Å². The highest BCUT2D eigenvalue weighted by molar-refractivity contribution is 14.0. The van der Waals surface area contributed by atoms with Crippen molar-refractivity contribution in [2.45, 2.75) is 45.3 Å². The minimum Gasteiger partial charge on any atom is -0.355 e. The van der Waals surface area contributed by atoms with Crippen molar-refractivity contribution >= 4 is 29.9 Å². The van der Waals surface area contributed by atoms with Crippen LogP contribution in [0.2, 0.25) is 0 Å². The van der Waals surface area contributed by atoms with Crippen LogP contribution in [0, 0.1) is 0 Å². The number of rotatable bonds is 8. The smallest absolute Gasteiger partial charge is 0.191 e. The van der Waals surface area contributed by atoms with E-state index in [0.29, 0.717) is 12.1 Å². The summed E-state index contributed by atoms with van der Waals surface area (Å²) in [7, 11) is 4.02. The Morgan fingerprint density at radius 1 is 1.31 bits per heavy atom. The van der Waals surface area contributed by atoms with E-state index in [1.807, 2.05) is 7.05 Å². The van der Waals surface area contributed by atoms with E-state index < -0.39 is 0 Å². The molecule has 148 valence electrons. The van der Waals surface area contributed by atoms with Gasteiger partial charge in [0.15, 0.2) is 5.96 Å². The van der Waals surface area contributed by atoms with E-state index in [1.54, 1.807) is 0 Å². The minimum absolute atomic E-state index is 0. The molecule has 0 aliphatic carbocycles. The number of nitrogens with one attached hydrogen (secondary N) is 2. The maximum atomic E-state index is 4.37. The third kappa shape index (κ3) is 7.40. The van der Waals surface area contributed by atoms with Crippen LogP contribution in [0.15, 0.2) is 35.3 Å². The molecule has 0 saturated carbocycles. The number of benzene rings is 1. The Hall–Kier alpha value is -0.860. The zero-order valence-electron chi connectivity index (χ0n) is 16.7. The second kappa shape index (κ2) is 12.5. The number of likely N-dealkylation sites (N-methyl/N-ethyl adjacent to an activating group) is 2. The van der Waals surface area contributed by atoms with Crippen molar-refractivity contribution in [1.82, 2.24) is 20.4 Å². The Labute approximate surface area is 176 Å². The van der Waals surface area contributed by atoms with Crippen LogP contribution in [0.5, 0.6) is 0 Å². The van der Waals surface area contributed by atoms with E-state index in [-0.39, 0.29) is 24.0 Å². The molecule has 1 saturated heterocycles. The third-order valence-corrected chi connectivity index (χ3v) is 5.23. The maximum absolute atomic E-state index is 4.37. The summed E-state index contributed by atoms with van der Waals surface area (Å²) in [5.41, 5.74) is 1.35. The number of hydrogen-bond donors (Lipinski definition) is 2. The standard InChI is InChI=1S/C20H35N5.HI/c1-5-25-13-9-12-19(25)15-23-20(21-3)22-14-17(2)24(4)16-18-10-7-6-8-11-18;/h6-8,10-11,17,19H,5,9,12-16H2,1-4H3,(H2,21,22,23);1H. The summed E-state index contributed by atoms with van der Waals surface area (Å²) >= 11 is 0. The predicted octanol–water partition coefficient (Wildman–Crippen LogP) is 2.77. The van der Waals surface area contributed by atoms with Crippen LogP contribution in [0.1, 0.15) is 32.3 Å². The first kappa shape index (κ1) is 23.2. The molecule has 1 heterocycles. The first-order valence-corrected chi connectivity index (χ1v) is 9.56. The number of halogens is 1. The summed E-state index contributed by atoms with van der Waals surface area (Å²) in [5, 5.41) is 6.97. The van der Waals surface area contributed by atoms with Gasteiger partial charge in [-0.2, -0.15) is 0 Å². The van der Waals surface area contributed by atoms with E-state index in [1.165, 1.54) is 24.9 Å². The SMILES string of the molecule is CCN1CCCC1CNC(=NC)NCC(C)N(C)Cc1ccccc1.I. The summed E-state index contributed by atoms with van der Waals surface area (Å²) < 4.78 is 0. The molecule has 1 aliphatic rings. The number of hydrogen-bond acceptors (Lipinski definition) is 3. The summed E-state index contributed by atoms with van der Waals surface area (Å²) in [5.74, 6) is 0.905. The van der Waals surface area contributed by atoms with Gasteiger partial charge in [0.05, 0.1) is 0 Å². The minimum atomic E-state index is 0. The molecule has 0 spiro atoms. The van der Waals surface area contributed by atoms with Crippen LogP contribution in [0.25, 0.3) is 0 Å². The lowest BCUT2D eigenvalue weighted by Gasteiger charge is -2.27. The molecule has 0 aromatic heterocycles. The van der Waals surface area contributed by atoms with Gasteiger partial charge in [0.25, 0.3) is 0 Å². The van der Waals surface area contributed by atoms with Crippen molar-refractivity contribution in [3.63, 3.8) is 0 Å². The second-order valence-corrected chi connectivity index (χ2v) is 7.01. The average molecular weight is 473 g/mol. The molecule has 1 aromatic rings. The molecule has 2 atom stereocenters. The Morgan fingerprint density at radius 3 is 2.69 bits per heavy atom. The van der Waals surface area contributed by atoms with Crippen LogP contribution in [-0.2, 0) is 6.54 Å². The lowest BCUT2D eigenvalue weighted by Crippen LogP contribution is -2.48. The molecule has 26 heavy (non-hydrogen) atoms. The fourth-order valence-corrected chi connectivity index (χ4v) is 3.41. The molecule has 0 amide bonds. The molecule has 1 fully saturated rings. The van der Waals surface area contributed by atoms with Crippen molar-refractivity contribution < 1.29 is 0 Å². The highest BCUT2D eigenvalue weighted by atomic mass is 127. The number of guanidine groups is 1. The van der Waals surface area contributed by atoms with Gasteiger partial charge in [0.2, 0.25) is 0 Å². The first-order chi connectivity index (χ1) is 12.1. The highest BCUT2D eigenvalue weighted by Gasteiger charge is 2.22. The summed E-state index contributed by atoms with van der Waals surface area (Å²) in [6.07, 6.45) is 2.60. The zero-order chi connectivity index (χ0) is 18.1.